The van der Waals surface area contributed by atoms with Gasteiger partial charge >= 0.3 is 0 Å². The molecule has 0 fully saturated rings. The minimum atomic E-state index is 0.170. The summed E-state index contributed by atoms with van der Waals surface area (Å²) in [6.45, 7) is 2.86. The molecule has 0 amide bonds. The van der Waals surface area contributed by atoms with Gasteiger partial charge in [0.2, 0.25) is 0 Å². The molecule has 2 heterocycles. The molecule has 20 heavy (non-hydrogen) atoms. The molecular weight excluding hydrogens is 250 g/mol. The van der Waals surface area contributed by atoms with Gasteiger partial charge in [-0.05, 0) is 19.1 Å². The van der Waals surface area contributed by atoms with Gasteiger partial charge in [-0.3, -0.25) is 0 Å². The molecule has 3 aromatic rings. The Labute approximate surface area is 118 Å². The second kappa shape index (κ2) is 5.09. The van der Waals surface area contributed by atoms with Crippen LogP contribution in [0, 0.1) is 0 Å². The molecule has 0 spiro atoms. The van der Waals surface area contributed by atoms with E-state index in [1.54, 1.807) is 0 Å². The molecule has 0 bridgehead atoms. The number of hydrogen-bond donors (Lipinski definition) is 1. The van der Waals surface area contributed by atoms with Crippen LogP contribution in [0.1, 0.15) is 24.6 Å². The SMILES string of the molecule is CC(NCc1nccn1C)c1nc2ccccc2n1C. The molecule has 0 aliphatic heterocycles. The zero-order chi connectivity index (χ0) is 14.1. The molecule has 5 nitrogen and oxygen atoms in total. The van der Waals surface area contributed by atoms with Crippen molar-refractivity contribution in [2.24, 2.45) is 14.1 Å². The van der Waals surface area contributed by atoms with Gasteiger partial charge in [0.25, 0.3) is 0 Å². The molecule has 0 radical (unpaired) electrons. The predicted octanol–water partition coefficient (Wildman–Crippen LogP) is 2.16. The second-order valence-electron chi connectivity index (χ2n) is 5.07. The highest BCUT2D eigenvalue weighted by molar-refractivity contribution is 5.75. The number of para-hydroxylation sites is 2. The first-order valence-electron chi connectivity index (χ1n) is 6.77. The van der Waals surface area contributed by atoms with Gasteiger partial charge < -0.3 is 14.5 Å². The third kappa shape index (κ3) is 2.20. The molecule has 1 atom stereocenters. The van der Waals surface area contributed by atoms with Crippen LogP contribution in [-0.4, -0.2) is 19.1 Å². The van der Waals surface area contributed by atoms with Gasteiger partial charge in [-0.15, -0.1) is 0 Å². The van der Waals surface area contributed by atoms with E-state index < -0.39 is 0 Å². The van der Waals surface area contributed by atoms with Crippen molar-refractivity contribution >= 4 is 11.0 Å². The van der Waals surface area contributed by atoms with Gasteiger partial charge in [-0.25, -0.2) is 9.97 Å². The minimum absolute atomic E-state index is 0.170. The first-order chi connectivity index (χ1) is 9.66. The van der Waals surface area contributed by atoms with Crippen LogP contribution in [0.15, 0.2) is 36.7 Å². The van der Waals surface area contributed by atoms with E-state index >= 15 is 0 Å². The van der Waals surface area contributed by atoms with Crippen molar-refractivity contribution in [2.75, 3.05) is 0 Å². The number of nitrogens with zero attached hydrogens (tertiary/aromatic N) is 4. The first kappa shape index (κ1) is 12.9. The lowest BCUT2D eigenvalue weighted by Gasteiger charge is -2.13. The van der Waals surface area contributed by atoms with Gasteiger partial charge in [-0.1, -0.05) is 12.1 Å². The van der Waals surface area contributed by atoms with Crippen LogP contribution in [0.4, 0.5) is 0 Å². The Kier molecular flexibility index (Phi) is 3.28. The smallest absolute Gasteiger partial charge is 0.126 e. The van der Waals surface area contributed by atoms with Crippen molar-refractivity contribution in [2.45, 2.75) is 19.5 Å². The number of aromatic nitrogens is 4. The van der Waals surface area contributed by atoms with E-state index in [9.17, 15) is 0 Å². The van der Waals surface area contributed by atoms with E-state index in [2.05, 4.69) is 34.9 Å². The Morgan fingerprint density at radius 2 is 2.05 bits per heavy atom. The monoisotopic (exact) mass is 269 g/mol. The lowest BCUT2D eigenvalue weighted by Crippen LogP contribution is -2.22. The molecule has 1 N–H and O–H groups in total. The predicted molar refractivity (Wildman–Crippen MR) is 79.2 cm³/mol. The van der Waals surface area contributed by atoms with Crippen molar-refractivity contribution in [3.8, 4) is 0 Å². The van der Waals surface area contributed by atoms with E-state index in [1.165, 1.54) is 0 Å². The summed E-state index contributed by atoms with van der Waals surface area (Å²) >= 11 is 0. The van der Waals surface area contributed by atoms with E-state index in [1.807, 2.05) is 42.2 Å². The third-order valence-corrected chi connectivity index (χ3v) is 3.70. The second-order valence-corrected chi connectivity index (χ2v) is 5.07. The fraction of sp³-hybridized carbons (Fsp3) is 0.333. The Balaban J connectivity index is 1.80. The van der Waals surface area contributed by atoms with Crippen LogP contribution in [0.2, 0.25) is 0 Å². The molecule has 3 rings (SSSR count). The highest BCUT2D eigenvalue weighted by Crippen LogP contribution is 2.19. The van der Waals surface area contributed by atoms with Gasteiger partial charge in [0, 0.05) is 26.5 Å². The number of fused-ring (bicyclic) bond motifs is 1. The maximum absolute atomic E-state index is 4.71. The zero-order valence-corrected chi connectivity index (χ0v) is 12.0. The lowest BCUT2D eigenvalue weighted by atomic mass is 10.3. The summed E-state index contributed by atoms with van der Waals surface area (Å²) < 4.78 is 4.17. The van der Waals surface area contributed by atoms with Crippen LogP contribution < -0.4 is 5.32 Å². The molecule has 1 aromatic carbocycles. The Morgan fingerprint density at radius 3 is 2.75 bits per heavy atom. The van der Waals surface area contributed by atoms with Crippen LogP contribution in [0.25, 0.3) is 11.0 Å². The van der Waals surface area contributed by atoms with E-state index in [0.29, 0.717) is 0 Å². The maximum atomic E-state index is 4.71. The van der Waals surface area contributed by atoms with Crippen molar-refractivity contribution in [3.05, 3.63) is 48.3 Å². The fourth-order valence-electron chi connectivity index (χ4n) is 2.45. The average Bonchev–Trinajstić information content (AvgIpc) is 3.01. The third-order valence-electron chi connectivity index (χ3n) is 3.70. The Bertz CT molecular complexity index is 725. The van der Waals surface area contributed by atoms with Crippen LogP contribution in [-0.2, 0) is 20.6 Å². The van der Waals surface area contributed by atoms with Gasteiger partial charge in [0.15, 0.2) is 0 Å². The van der Waals surface area contributed by atoms with E-state index in [0.717, 1.165) is 29.2 Å². The van der Waals surface area contributed by atoms with Gasteiger partial charge in [0.1, 0.15) is 11.6 Å². The molecular formula is C15H19N5. The van der Waals surface area contributed by atoms with Crippen LogP contribution >= 0.6 is 0 Å². The van der Waals surface area contributed by atoms with Gasteiger partial charge in [0.05, 0.1) is 23.6 Å². The number of rotatable bonds is 4. The molecule has 0 saturated carbocycles. The zero-order valence-electron chi connectivity index (χ0n) is 12.0. The standard InChI is InChI=1S/C15H19N5/c1-11(17-10-14-16-8-9-19(14)2)15-18-12-6-4-5-7-13(12)20(15)3/h4-9,11,17H,10H2,1-3H3. The largest absolute Gasteiger partial charge is 0.337 e. The molecule has 0 saturated heterocycles. The highest BCUT2D eigenvalue weighted by Gasteiger charge is 2.14. The highest BCUT2D eigenvalue weighted by atomic mass is 15.1. The summed E-state index contributed by atoms with van der Waals surface area (Å²) in [5.74, 6) is 2.07. The summed E-state index contributed by atoms with van der Waals surface area (Å²) in [6.07, 6.45) is 3.77. The Hall–Kier alpha value is -2.14. The molecule has 0 aliphatic carbocycles. The Morgan fingerprint density at radius 1 is 1.25 bits per heavy atom. The van der Waals surface area contributed by atoms with Crippen molar-refractivity contribution in [1.29, 1.82) is 0 Å². The number of imidazole rings is 2. The summed E-state index contributed by atoms with van der Waals surface area (Å²) in [6, 6.07) is 8.37. The molecule has 1 unspecified atom stereocenters. The quantitative estimate of drug-likeness (QED) is 0.789. The molecule has 5 heteroatoms. The summed E-state index contributed by atoms with van der Waals surface area (Å²) in [5.41, 5.74) is 2.20. The lowest BCUT2D eigenvalue weighted by molar-refractivity contribution is 0.515. The van der Waals surface area contributed by atoms with Crippen molar-refractivity contribution in [1.82, 2.24) is 24.4 Å². The number of hydrogen-bond acceptors (Lipinski definition) is 3. The summed E-state index contributed by atoms with van der Waals surface area (Å²) in [4.78, 5) is 9.03. The number of aryl methyl sites for hydroxylation is 2. The number of nitrogens with one attached hydrogen (secondary N) is 1. The normalized spacial score (nSPS) is 12.9. The molecule has 104 valence electrons. The van der Waals surface area contributed by atoms with E-state index in [-0.39, 0.29) is 6.04 Å². The first-order valence-corrected chi connectivity index (χ1v) is 6.77. The van der Waals surface area contributed by atoms with Crippen molar-refractivity contribution in [3.63, 3.8) is 0 Å². The van der Waals surface area contributed by atoms with Crippen LogP contribution in [0.5, 0.6) is 0 Å². The maximum Gasteiger partial charge on any atom is 0.126 e. The van der Waals surface area contributed by atoms with Gasteiger partial charge in [-0.2, -0.15) is 0 Å². The average molecular weight is 269 g/mol. The summed E-state index contributed by atoms with van der Waals surface area (Å²) in [5, 5.41) is 3.48. The molecule has 0 aliphatic rings. The topological polar surface area (TPSA) is 47.7 Å². The fourth-order valence-corrected chi connectivity index (χ4v) is 2.45. The molecule has 2 aromatic heterocycles. The number of benzene rings is 1. The minimum Gasteiger partial charge on any atom is -0.337 e. The van der Waals surface area contributed by atoms with E-state index in [4.69, 9.17) is 4.98 Å². The van der Waals surface area contributed by atoms with Crippen molar-refractivity contribution < 1.29 is 0 Å². The van der Waals surface area contributed by atoms with Crippen LogP contribution in [0.3, 0.4) is 0 Å². The summed E-state index contributed by atoms with van der Waals surface area (Å²) in [7, 11) is 4.06.